The summed E-state index contributed by atoms with van der Waals surface area (Å²) in [5.41, 5.74) is 3.22. The lowest BCUT2D eigenvalue weighted by atomic mass is 9.81. The molecule has 2 heteroatoms. The first-order chi connectivity index (χ1) is 11.8. The van der Waals surface area contributed by atoms with E-state index in [4.69, 9.17) is 4.74 Å². The first kappa shape index (κ1) is 22.6. The molecular weight excluding hydrogens is 320 g/mol. The lowest BCUT2D eigenvalue weighted by Gasteiger charge is -2.28. The van der Waals surface area contributed by atoms with Crippen molar-refractivity contribution >= 4 is 0 Å². The molecule has 1 aromatic carbocycles. The van der Waals surface area contributed by atoms with Crippen molar-refractivity contribution < 1.29 is 9.84 Å². The van der Waals surface area contributed by atoms with Crippen molar-refractivity contribution in [1.82, 2.24) is 0 Å². The van der Waals surface area contributed by atoms with Crippen LogP contribution in [0.1, 0.15) is 92.7 Å². The predicted octanol–water partition coefficient (Wildman–Crippen LogP) is 7.14. The van der Waals surface area contributed by atoms with Gasteiger partial charge in [0.05, 0.1) is 6.61 Å². The molecule has 1 aromatic rings. The van der Waals surface area contributed by atoms with Crippen LogP contribution in [0.5, 0.6) is 11.5 Å². The molecule has 0 amide bonds. The number of phenolic OH excluding ortho intramolecular Hbond substituents is 1. The summed E-state index contributed by atoms with van der Waals surface area (Å²) >= 11 is 0. The largest absolute Gasteiger partial charge is 0.508 e. The number of allylic oxidation sites excluding steroid dienone is 2. The van der Waals surface area contributed by atoms with Gasteiger partial charge in [-0.05, 0) is 62.0 Å². The average Bonchev–Trinajstić information content (AvgIpc) is 2.45. The number of rotatable bonds is 7. The van der Waals surface area contributed by atoms with Crippen LogP contribution in [0.15, 0.2) is 23.8 Å². The van der Waals surface area contributed by atoms with Gasteiger partial charge in [0.15, 0.2) is 0 Å². The zero-order valence-corrected chi connectivity index (χ0v) is 18.5. The van der Waals surface area contributed by atoms with E-state index < -0.39 is 0 Å². The van der Waals surface area contributed by atoms with E-state index in [1.807, 2.05) is 12.1 Å². The number of phenols is 1. The van der Waals surface area contributed by atoms with Crippen molar-refractivity contribution in [2.24, 2.45) is 5.92 Å². The Kier molecular flexibility index (Phi) is 7.80. The lowest BCUT2D eigenvalue weighted by molar-refractivity contribution is 0.272. The van der Waals surface area contributed by atoms with Crippen LogP contribution in [-0.2, 0) is 10.8 Å². The number of aromatic hydroxyl groups is 1. The molecule has 0 aliphatic heterocycles. The normalized spacial score (nSPS) is 13.4. The first-order valence-corrected chi connectivity index (χ1v) is 9.96. The van der Waals surface area contributed by atoms with E-state index in [1.54, 1.807) is 0 Å². The smallest absolute Gasteiger partial charge is 0.123 e. The molecule has 0 spiro atoms. The van der Waals surface area contributed by atoms with Crippen molar-refractivity contribution in [3.63, 3.8) is 0 Å². The van der Waals surface area contributed by atoms with Crippen molar-refractivity contribution in [2.45, 2.75) is 92.4 Å². The standard InChI is InChI=1S/C24H40O2/c1-17(2)11-10-12-18(3)13-14-26-22-16-19(23(4,5)6)21(25)15-20(22)24(7,8)9/h11,15-16,18,25H,10,12-14H2,1-9H3/t18-/m0/s1. The Morgan fingerprint density at radius 3 is 2.08 bits per heavy atom. The molecule has 0 bridgehead atoms. The zero-order chi connectivity index (χ0) is 20.1. The van der Waals surface area contributed by atoms with Gasteiger partial charge in [-0.3, -0.25) is 0 Å². The molecule has 0 saturated heterocycles. The molecule has 0 aliphatic rings. The van der Waals surface area contributed by atoms with Crippen molar-refractivity contribution in [2.75, 3.05) is 6.61 Å². The maximum atomic E-state index is 10.5. The Morgan fingerprint density at radius 2 is 1.58 bits per heavy atom. The molecule has 1 atom stereocenters. The van der Waals surface area contributed by atoms with E-state index in [0.29, 0.717) is 18.3 Å². The molecule has 0 fully saturated rings. The second-order valence-corrected chi connectivity index (χ2v) is 9.97. The summed E-state index contributed by atoms with van der Waals surface area (Å²) in [6.45, 7) is 20.2. The van der Waals surface area contributed by atoms with Crippen LogP contribution in [0, 0.1) is 5.92 Å². The highest BCUT2D eigenvalue weighted by molar-refractivity contribution is 5.51. The fraction of sp³-hybridized carbons (Fsp3) is 0.667. The molecular formula is C24H40O2. The van der Waals surface area contributed by atoms with E-state index in [1.165, 1.54) is 12.0 Å². The lowest BCUT2D eigenvalue weighted by Crippen LogP contribution is -2.17. The molecule has 26 heavy (non-hydrogen) atoms. The first-order valence-electron chi connectivity index (χ1n) is 9.96. The molecule has 0 aromatic heterocycles. The summed E-state index contributed by atoms with van der Waals surface area (Å²) in [4.78, 5) is 0. The van der Waals surface area contributed by atoms with Crippen LogP contribution >= 0.6 is 0 Å². The second kappa shape index (κ2) is 8.97. The fourth-order valence-corrected chi connectivity index (χ4v) is 3.05. The number of hydrogen-bond acceptors (Lipinski definition) is 2. The predicted molar refractivity (Wildman–Crippen MR) is 113 cm³/mol. The van der Waals surface area contributed by atoms with Gasteiger partial charge in [0.25, 0.3) is 0 Å². The Morgan fingerprint density at radius 1 is 1.00 bits per heavy atom. The van der Waals surface area contributed by atoms with Crippen LogP contribution < -0.4 is 4.74 Å². The van der Waals surface area contributed by atoms with Gasteiger partial charge < -0.3 is 9.84 Å². The Hall–Kier alpha value is -1.44. The van der Waals surface area contributed by atoms with E-state index in [9.17, 15) is 5.11 Å². The molecule has 0 aliphatic carbocycles. The van der Waals surface area contributed by atoms with Gasteiger partial charge in [-0.1, -0.05) is 60.1 Å². The maximum absolute atomic E-state index is 10.5. The Labute approximate surface area is 161 Å². The van der Waals surface area contributed by atoms with Crippen LogP contribution in [0.2, 0.25) is 0 Å². The third-order valence-electron chi connectivity index (χ3n) is 4.79. The molecule has 1 rings (SSSR count). The summed E-state index contributed by atoms with van der Waals surface area (Å²) in [6, 6.07) is 3.94. The fourth-order valence-electron chi connectivity index (χ4n) is 3.05. The molecule has 2 nitrogen and oxygen atoms in total. The molecule has 148 valence electrons. The second-order valence-electron chi connectivity index (χ2n) is 9.97. The van der Waals surface area contributed by atoms with Crippen LogP contribution in [0.3, 0.4) is 0 Å². The number of hydrogen-bond donors (Lipinski definition) is 1. The minimum Gasteiger partial charge on any atom is -0.508 e. The average molecular weight is 361 g/mol. The van der Waals surface area contributed by atoms with Gasteiger partial charge in [0.1, 0.15) is 11.5 Å². The van der Waals surface area contributed by atoms with Gasteiger partial charge in [0, 0.05) is 11.1 Å². The molecule has 1 N–H and O–H groups in total. The van der Waals surface area contributed by atoms with Gasteiger partial charge in [-0.15, -0.1) is 0 Å². The third-order valence-corrected chi connectivity index (χ3v) is 4.79. The minimum atomic E-state index is -0.115. The molecule has 0 unspecified atom stereocenters. The van der Waals surface area contributed by atoms with Gasteiger partial charge >= 0.3 is 0 Å². The topological polar surface area (TPSA) is 29.5 Å². The Balaban J connectivity index is 2.88. The van der Waals surface area contributed by atoms with E-state index >= 15 is 0 Å². The monoisotopic (exact) mass is 360 g/mol. The SMILES string of the molecule is CC(C)=CCC[C@H](C)CCOc1cc(C(C)(C)C)c(O)cc1C(C)(C)C. The quantitative estimate of drug-likeness (QED) is 0.524. The molecule has 0 saturated carbocycles. The van der Waals surface area contributed by atoms with Gasteiger partial charge in [0.2, 0.25) is 0 Å². The molecule has 0 radical (unpaired) electrons. The summed E-state index contributed by atoms with van der Waals surface area (Å²) < 4.78 is 6.23. The summed E-state index contributed by atoms with van der Waals surface area (Å²) in [5.74, 6) is 1.92. The van der Waals surface area contributed by atoms with E-state index in [0.717, 1.165) is 29.7 Å². The maximum Gasteiger partial charge on any atom is 0.123 e. The summed E-state index contributed by atoms with van der Waals surface area (Å²) in [6.07, 6.45) is 5.70. The highest BCUT2D eigenvalue weighted by Gasteiger charge is 2.25. The van der Waals surface area contributed by atoms with Crippen molar-refractivity contribution in [1.29, 1.82) is 0 Å². The van der Waals surface area contributed by atoms with E-state index in [-0.39, 0.29) is 10.8 Å². The summed E-state index contributed by atoms with van der Waals surface area (Å²) in [7, 11) is 0. The highest BCUT2D eigenvalue weighted by Crippen LogP contribution is 2.40. The van der Waals surface area contributed by atoms with Crippen molar-refractivity contribution in [3.8, 4) is 11.5 Å². The van der Waals surface area contributed by atoms with Gasteiger partial charge in [-0.2, -0.15) is 0 Å². The van der Waals surface area contributed by atoms with Gasteiger partial charge in [-0.25, -0.2) is 0 Å². The van der Waals surface area contributed by atoms with Crippen LogP contribution in [0.4, 0.5) is 0 Å². The number of ether oxygens (including phenoxy) is 1. The van der Waals surface area contributed by atoms with Crippen LogP contribution in [-0.4, -0.2) is 11.7 Å². The molecule has 0 heterocycles. The third kappa shape index (κ3) is 7.05. The van der Waals surface area contributed by atoms with Crippen LogP contribution in [0.25, 0.3) is 0 Å². The zero-order valence-electron chi connectivity index (χ0n) is 18.5. The summed E-state index contributed by atoms with van der Waals surface area (Å²) in [5, 5.41) is 10.5. The highest BCUT2D eigenvalue weighted by atomic mass is 16.5. The van der Waals surface area contributed by atoms with E-state index in [2.05, 4.69) is 68.4 Å². The minimum absolute atomic E-state index is 0.0711. The Bertz CT molecular complexity index is 608. The van der Waals surface area contributed by atoms with Crippen molar-refractivity contribution in [3.05, 3.63) is 34.9 Å². The number of benzene rings is 1.